The summed E-state index contributed by atoms with van der Waals surface area (Å²) in [5, 5.41) is 6.90. The number of pyridine rings is 1. The number of aryl methyl sites for hydroxylation is 2. The standard InChI is InChI=1S/C13H13BrClN3O2/c1-6(11-7(2)18-20-8(11)3)17-13(19)10-4-9(14)5-16-12(10)15/h4-6H,1-3H3,(H,17,19). The number of carbonyl (C=O) groups is 1. The third-order valence-electron chi connectivity index (χ3n) is 2.92. The fourth-order valence-electron chi connectivity index (χ4n) is 2.04. The van der Waals surface area contributed by atoms with Gasteiger partial charge in [-0.15, -0.1) is 0 Å². The van der Waals surface area contributed by atoms with Crippen LogP contribution < -0.4 is 5.32 Å². The van der Waals surface area contributed by atoms with E-state index in [-0.39, 0.29) is 17.1 Å². The molecule has 1 unspecified atom stereocenters. The summed E-state index contributed by atoms with van der Waals surface area (Å²) in [7, 11) is 0. The van der Waals surface area contributed by atoms with Gasteiger partial charge in [0.15, 0.2) is 0 Å². The third-order valence-corrected chi connectivity index (χ3v) is 3.65. The van der Waals surface area contributed by atoms with Crippen LogP contribution in [0, 0.1) is 13.8 Å². The zero-order valence-electron chi connectivity index (χ0n) is 11.2. The van der Waals surface area contributed by atoms with Crippen LogP contribution in [0.15, 0.2) is 21.3 Å². The summed E-state index contributed by atoms with van der Waals surface area (Å²) in [5.74, 6) is 0.394. The van der Waals surface area contributed by atoms with E-state index in [4.69, 9.17) is 16.1 Å². The number of carbonyl (C=O) groups excluding carboxylic acids is 1. The highest BCUT2D eigenvalue weighted by atomic mass is 79.9. The van der Waals surface area contributed by atoms with Crippen LogP contribution in [0.2, 0.25) is 5.15 Å². The monoisotopic (exact) mass is 357 g/mol. The maximum absolute atomic E-state index is 12.2. The van der Waals surface area contributed by atoms with Gasteiger partial charge in [-0.2, -0.15) is 0 Å². The Bertz CT molecular complexity index is 638. The van der Waals surface area contributed by atoms with E-state index in [0.29, 0.717) is 15.8 Å². The van der Waals surface area contributed by atoms with Crippen LogP contribution in [0.3, 0.4) is 0 Å². The summed E-state index contributed by atoms with van der Waals surface area (Å²) in [4.78, 5) is 16.2. The van der Waals surface area contributed by atoms with Gasteiger partial charge < -0.3 is 9.84 Å². The first-order valence-electron chi connectivity index (χ1n) is 5.94. The number of aromatic nitrogens is 2. The van der Waals surface area contributed by atoms with Crippen molar-refractivity contribution in [1.82, 2.24) is 15.5 Å². The van der Waals surface area contributed by atoms with Crippen LogP contribution in [-0.2, 0) is 0 Å². The van der Waals surface area contributed by atoms with Gasteiger partial charge in [0.1, 0.15) is 10.9 Å². The predicted molar refractivity (Wildman–Crippen MR) is 78.8 cm³/mol. The first-order chi connectivity index (χ1) is 9.40. The lowest BCUT2D eigenvalue weighted by Crippen LogP contribution is -2.27. The molecule has 1 N–H and O–H groups in total. The second-order valence-electron chi connectivity index (χ2n) is 4.42. The summed E-state index contributed by atoms with van der Waals surface area (Å²) >= 11 is 9.20. The van der Waals surface area contributed by atoms with Gasteiger partial charge in [0.2, 0.25) is 0 Å². The fraction of sp³-hybridized carbons (Fsp3) is 0.308. The van der Waals surface area contributed by atoms with Gasteiger partial charge in [0, 0.05) is 16.2 Å². The maximum atomic E-state index is 12.2. The third kappa shape index (κ3) is 3.02. The van der Waals surface area contributed by atoms with Crippen LogP contribution in [0.1, 0.15) is 40.3 Å². The zero-order valence-corrected chi connectivity index (χ0v) is 13.5. The molecule has 0 saturated carbocycles. The molecule has 2 aromatic rings. The van der Waals surface area contributed by atoms with Gasteiger partial charge >= 0.3 is 0 Å². The minimum atomic E-state index is -0.295. The summed E-state index contributed by atoms with van der Waals surface area (Å²) in [5.41, 5.74) is 1.95. The highest BCUT2D eigenvalue weighted by Gasteiger charge is 2.20. The summed E-state index contributed by atoms with van der Waals surface area (Å²) in [6.07, 6.45) is 1.54. The maximum Gasteiger partial charge on any atom is 0.254 e. The fourth-order valence-corrected chi connectivity index (χ4v) is 2.56. The molecule has 0 saturated heterocycles. The number of hydrogen-bond acceptors (Lipinski definition) is 4. The Balaban J connectivity index is 2.22. The highest BCUT2D eigenvalue weighted by Crippen LogP contribution is 2.23. The van der Waals surface area contributed by atoms with Crippen molar-refractivity contribution in [3.8, 4) is 0 Å². The van der Waals surface area contributed by atoms with E-state index >= 15 is 0 Å². The van der Waals surface area contributed by atoms with E-state index in [0.717, 1.165) is 11.3 Å². The Morgan fingerprint density at radius 2 is 2.20 bits per heavy atom. The van der Waals surface area contributed by atoms with Crippen LogP contribution in [-0.4, -0.2) is 16.0 Å². The molecule has 0 aromatic carbocycles. The number of halogens is 2. The molecule has 1 atom stereocenters. The first-order valence-corrected chi connectivity index (χ1v) is 7.12. The highest BCUT2D eigenvalue weighted by molar-refractivity contribution is 9.10. The molecule has 2 heterocycles. The number of rotatable bonds is 3. The molecule has 1 amide bonds. The van der Waals surface area contributed by atoms with Gasteiger partial charge in [-0.05, 0) is 42.8 Å². The molecule has 0 aliphatic carbocycles. The molecule has 2 aromatic heterocycles. The quantitative estimate of drug-likeness (QED) is 0.851. The van der Waals surface area contributed by atoms with Crippen molar-refractivity contribution in [3.05, 3.63) is 44.5 Å². The van der Waals surface area contributed by atoms with E-state index in [2.05, 4.69) is 31.4 Å². The molecule has 5 nitrogen and oxygen atoms in total. The Morgan fingerprint density at radius 1 is 1.50 bits per heavy atom. The molecular weight excluding hydrogens is 346 g/mol. The smallest absolute Gasteiger partial charge is 0.254 e. The molecule has 106 valence electrons. The Labute approximate surface area is 129 Å². The van der Waals surface area contributed by atoms with Crippen LogP contribution in [0.5, 0.6) is 0 Å². The lowest BCUT2D eigenvalue weighted by molar-refractivity contribution is 0.0939. The molecule has 0 aliphatic heterocycles. The molecule has 20 heavy (non-hydrogen) atoms. The van der Waals surface area contributed by atoms with Crippen molar-refractivity contribution in [3.63, 3.8) is 0 Å². The Hall–Kier alpha value is -1.40. The molecule has 0 bridgehead atoms. The second kappa shape index (κ2) is 5.93. The lowest BCUT2D eigenvalue weighted by Gasteiger charge is -2.14. The molecule has 0 radical (unpaired) electrons. The number of nitrogens with zero attached hydrogens (tertiary/aromatic N) is 2. The molecule has 7 heteroatoms. The van der Waals surface area contributed by atoms with Crippen molar-refractivity contribution in [2.75, 3.05) is 0 Å². The molecule has 0 aliphatic rings. The van der Waals surface area contributed by atoms with E-state index in [1.807, 2.05) is 20.8 Å². The SMILES string of the molecule is Cc1noc(C)c1C(C)NC(=O)c1cc(Br)cnc1Cl. The van der Waals surface area contributed by atoms with Gasteiger partial charge in [-0.3, -0.25) is 4.79 Å². The van der Waals surface area contributed by atoms with Gasteiger partial charge in [0.25, 0.3) is 5.91 Å². The Morgan fingerprint density at radius 3 is 2.80 bits per heavy atom. The molecule has 2 rings (SSSR count). The van der Waals surface area contributed by atoms with Crippen molar-refractivity contribution in [2.24, 2.45) is 0 Å². The number of nitrogens with one attached hydrogen (secondary N) is 1. The summed E-state index contributed by atoms with van der Waals surface area (Å²) in [6, 6.07) is 1.40. The predicted octanol–water partition coefficient (Wildman–Crippen LogP) is 3.59. The van der Waals surface area contributed by atoms with Crippen LogP contribution in [0.4, 0.5) is 0 Å². The van der Waals surface area contributed by atoms with Crippen molar-refractivity contribution < 1.29 is 9.32 Å². The zero-order chi connectivity index (χ0) is 14.9. The number of amides is 1. The molecule has 0 spiro atoms. The van der Waals surface area contributed by atoms with Gasteiger partial charge in [-0.1, -0.05) is 16.8 Å². The van der Waals surface area contributed by atoms with E-state index in [1.165, 1.54) is 6.20 Å². The normalized spacial score (nSPS) is 12.2. The second-order valence-corrected chi connectivity index (χ2v) is 5.70. The van der Waals surface area contributed by atoms with Crippen LogP contribution in [0.25, 0.3) is 0 Å². The van der Waals surface area contributed by atoms with Crippen molar-refractivity contribution in [2.45, 2.75) is 26.8 Å². The topological polar surface area (TPSA) is 68.0 Å². The largest absolute Gasteiger partial charge is 0.361 e. The van der Waals surface area contributed by atoms with E-state index in [1.54, 1.807) is 6.07 Å². The van der Waals surface area contributed by atoms with Crippen molar-refractivity contribution >= 4 is 33.4 Å². The Kier molecular flexibility index (Phi) is 4.45. The lowest BCUT2D eigenvalue weighted by atomic mass is 10.1. The van der Waals surface area contributed by atoms with Crippen molar-refractivity contribution in [1.29, 1.82) is 0 Å². The summed E-state index contributed by atoms with van der Waals surface area (Å²) in [6.45, 7) is 5.51. The average Bonchev–Trinajstić information content (AvgIpc) is 2.71. The van der Waals surface area contributed by atoms with E-state index in [9.17, 15) is 4.79 Å². The first kappa shape index (κ1) is 15.0. The number of hydrogen-bond donors (Lipinski definition) is 1. The van der Waals surface area contributed by atoms with Gasteiger partial charge in [0.05, 0.1) is 17.3 Å². The van der Waals surface area contributed by atoms with Gasteiger partial charge in [-0.25, -0.2) is 4.98 Å². The molecular formula is C13H13BrClN3O2. The minimum Gasteiger partial charge on any atom is -0.361 e. The average molecular weight is 359 g/mol. The van der Waals surface area contributed by atoms with E-state index < -0.39 is 0 Å². The minimum absolute atomic E-state index is 0.164. The summed E-state index contributed by atoms with van der Waals surface area (Å²) < 4.78 is 5.79. The molecule has 0 fully saturated rings. The van der Waals surface area contributed by atoms with Crippen LogP contribution >= 0.6 is 27.5 Å².